The van der Waals surface area contributed by atoms with E-state index in [1.54, 1.807) is 0 Å². The van der Waals surface area contributed by atoms with E-state index in [2.05, 4.69) is 67.0 Å². The molecule has 0 saturated carbocycles. The van der Waals surface area contributed by atoms with Crippen molar-refractivity contribution in [2.45, 2.75) is 25.5 Å². The first-order valence-corrected chi connectivity index (χ1v) is 15.7. The molecule has 166 valence electrons. The quantitative estimate of drug-likeness (QED) is 0.291. The van der Waals surface area contributed by atoms with Crippen LogP contribution in [0.1, 0.15) is 18.4 Å². The number of esters is 1. The zero-order valence-corrected chi connectivity index (χ0v) is 20.6. The maximum atomic E-state index is 12.9. The van der Waals surface area contributed by atoms with E-state index in [1.807, 2.05) is 30.3 Å². The molecule has 32 heavy (non-hydrogen) atoms. The number of ether oxygens (including phenoxy) is 1. The van der Waals surface area contributed by atoms with Crippen LogP contribution in [0.3, 0.4) is 0 Å². The molecule has 3 aromatic rings. The summed E-state index contributed by atoms with van der Waals surface area (Å²) in [5, 5.41) is 9.94. The van der Waals surface area contributed by atoms with Gasteiger partial charge in [-0.15, -0.1) is 0 Å². The zero-order valence-electron chi connectivity index (χ0n) is 18.0. The topological polar surface area (TPSA) is 53.6 Å². The number of hydrogen-bond donors (Lipinski definition) is 2. The summed E-state index contributed by atoms with van der Waals surface area (Å²) in [6.45, 7) is 1.28. The van der Waals surface area contributed by atoms with Crippen LogP contribution in [-0.4, -0.2) is 57.4 Å². The molecule has 1 saturated heterocycles. The molecule has 2 heterocycles. The van der Waals surface area contributed by atoms with Crippen molar-refractivity contribution in [3.63, 3.8) is 0 Å². The van der Waals surface area contributed by atoms with Gasteiger partial charge in [0.2, 0.25) is 0 Å². The Bertz CT molecular complexity index is 1120. The van der Waals surface area contributed by atoms with Crippen molar-refractivity contribution in [3.8, 4) is 0 Å². The van der Waals surface area contributed by atoms with Crippen molar-refractivity contribution in [1.29, 1.82) is 0 Å². The third-order valence-electron chi connectivity index (χ3n) is 6.32. The van der Waals surface area contributed by atoms with E-state index in [-0.39, 0.29) is 12.0 Å². The van der Waals surface area contributed by atoms with Crippen LogP contribution in [-0.2, 0) is 16.1 Å². The first-order chi connectivity index (χ1) is 15.6. The molecule has 0 amide bonds. The third kappa shape index (κ3) is 4.65. The molecule has 2 aliphatic rings. The number of carbonyl (C=O) groups is 1. The first-order valence-electron chi connectivity index (χ1n) is 11.1. The van der Waals surface area contributed by atoms with Crippen LogP contribution in [0.2, 0.25) is 0 Å². The van der Waals surface area contributed by atoms with Gasteiger partial charge in [0.05, 0.1) is 0 Å². The van der Waals surface area contributed by atoms with Crippen LogP contribution >= 0.6 is 5.51 Å². The molecule has 0 bridgehead atoms. The first kappa shape index (κ1) is 21.7. The van der Waals surface area contributed by atoms with Crippen LogP contribution in [0.4, 0.5) is 11.4 Å². The monoisotopic (exact) mass is 513 g/mol. The molecule has 1 fully saturated rings. The molecule has 0 unspecified atom stereocenters. The van der Waals surface area contributed by atoms with E-state index in [0.29, 0.717) is 6.61 Å². The van der Waals surface area contributed by atoms with Crippen molar-refractivity contribution < 1.29 is 9.53 Å². The van der Waals surface area contributed by atoms with E-state index in [4.69, 9.17) is 4.74 Å². The summed E-state index contributed by atoms with van der Waals surface area (Å²) in [6, 6.07) is 22.6. The van der Waals surface area contributed by atoms with E-state index < -0.39 is 5.51 Å². The predicted molar refractivity (Wildman–Crippen MR) is 134 cm³/mol. The molecular formula is C25H28N3O2PSe. The van der Waals surface area contributed by atoms with Crippen LogP contribution < -0.4 is 10.6 Å². The standard InChI is InChI=1S/C25H28N3O2PSe/c29-25(30-15-19-7-2-1-3-8-19)23-13-6-14-28(23)18-31(32)16-26-21-11-4-9-20-10-5-12-22(24(20)21)27-17-31/h1-5,7-12,23,26-27H,6,13-18H2/t23-/m0/s1. The number of benzene rings is 3. The third-order valence-corrected chi connectivity index (χ3v) is 11.0. The molecule has 0 spiro atoms. The second-order valence-electron chi connectivity index (χ2n) is 8.64. The van der Waals surface area contributed by atoms with Gasteiger partial charge < -0.3 is 0 Å². The van der Waals surface area contributed by atoms with Gasteiger partial charge in [0.25, 0.3) is 0 Å². The Morgan fingerprint density at radius 2 is 1.69 bits per heavy atom. The number of anilines is 2. The van der Waals surface area contributed by atoms with E-state index in [0.717, 1.165) is 43.8 Å². The average Bonchev–Trinajstić information content (AvgIpc) is 3.27. The van der Waals surface area contributed by atoms with E-state index in [1.165, 1.54) is 22.1 Å². The second kappa shape index (κ2) is 9.41. The molecule has 5 nitrogen and oxygen atoms in total. The molecule has 7 heteroatoms. The van der Waals surface area contributed by atoms with Gasteiger partial charge in [0.1, 0.15) is 0 Å². The maximum absolute atomic E-state index is 12.9. The Kier molecular flexibility index (Phi) is 6.39. The van der Waals surface area contributed by atoms with Crippen LogP contribution in [0.25, 0.3) is 10.8 Å². The fourth-order valence-electron chi connectivity index (χ4n) is 4.67. The molecule has 2 aliphatic heterocycles. The molecule has 3 aromatic carbocycles. The van der Waals surface area contributed by atoms with Crippen molar-refractivity contribution in [3.05, 3.63) is 72.3 Å². The normalized spacial score (nSPS) is 20.1. The number of likely N-dealkylation sites (tertiary alicyclic amines) is 1. The van der Waals surface area contributed by atoms with E-state index in [9.17, 15) is 4.79 Å². The Hall–Kier alpha value is -2.10. The number of carbonyl (C=O) groups excluding carboxylic acids is 1. The summed E-state index contributed by atoms with van der Waals surface area (Å²) >= 11 is 3.56. The van der Waals surface area contributed by atoms with Gasteiger partial charge in [-0.05, 0) is 0 Å². The molecule has 0 aromatic heterocycles. The minimum absolute atomic E-state index is 0.0963. The minimum atomic E-state index is -1.53. The van der Waals surface area contributed by atoms with E-state index >= 15 is 0 Å². The SMILES string of the molecule is O=C(OCc1ccccc1)[C@@H]1CCCN1CP1(=[Se])CNc2cccc3cccc(c23)NC1. The Balaban J connectivity index is 1.27. The van der Waals surface area contributed by atoms with Crippen LogP contribution in [0.15, 0.2) is 66.7 Å². The van der Waals surface area contributed by atoms with Gasteiger partial charge >= 0.3 is 197 Å². The average molecular weight is 512 g/mol. The van der Waals surface area contributed by atoms with Gasteiger partial charge in [-0.3, -0.25) is 0 Å². The van der Waals surface area contributed by atoms with Crippen molar-refractivity contribution in [2.24, 2.45) is 0 Å². The summed E-state index contributed by atoms with van der Waals surface area (Å²) in [5.74, 6) is -0.0963. The number of nitrogens with one attached hydrogen (secondary N) is 2. The summed E-state index contributed by atoms with van der Waals surface area (Å²) in [5.41, 5.74) is 1.84. The van der Waals surface area contributed by atoms with Crippen molar-refractivity contribution in [2.75, 3.05) is 36.0 Å². The molecular weight excluding hydrogens is 484 g/mol. The van der Waals surface area contributed by atoms with Gasteiger partial charge in [-0.25, -0.2) is 0 Å². The number of rotatable bonds is 5. The van der Waals surface area contributed by atoms with Gasteiger partial charge in [0.15, 0.2) is 0 Å². The zero-order chi connectivity index (χ0) is 22.0. The number of hydrogen-bond acceptors (Lipinski definition) is 5. The fourth-order valence-corrected chi connectivity index (χ4v) is 8.64. The van der Waals surface area contributed by atoms with Crippen molar-refractivity contribution >= 4 is 48.7 Å². The molecule has 1 atom stereocenters. The second-order valence-corrected chi connectivity index (χ2v) is 16.5. The summed E-state index contributed by atoms with van der Waals surface area (Å²) in [6.07, 6.45) is 4.60. The molecule has 5 rings (SSSR count). The predicted octanol–water partition coefficient (Wildman–Crippen LogP) is 4.86. The van der Waals surface area contributed by atoms with Crippen LogP contribution in [0, 0.1) is 0 Å². The summed E-state index contributed by atoms with van der Waals surface area (Å²) in [7, 11) is 0. The van der Waals surface area contributed by atoms with Crippen molar-refractivity contribution in [1.82, 2.24) is 4.90 Å². The van der Waals surface area contributed by atoms with Crippen LogP contribution in [0.5, 0.6) is 0 Å². The summed E-state index contributed by atoms with van der Waals surface area (Å²) in [4.78, 5) is 15.2. The fraction of sp³-hybridized carbons (Fsp3) is 0.320. The Morgan fingerprint density at radius 1 is 1.00 bits per heavy atom. The van der Waals surface area contributed by atoms with Gasteiger partial charge in [0, 0.05) is 0 Å². The Labute approximate surface area is 196 Å². The molecule has 0 aliphatic carbocycles. The number of nitrogens with zero attached hydrogens (tertiary/aromatic N) is 1. The van der Waals surface area contributed by atoms with Gasteiger partial charge in [-0.2, -0.15) is 0 Å². The molecule has 2 N–H and O–H groups in total. The summed E-state index contributed by atoms with van der Waals surface area (Å²) < 4.78 is 5.68. The van der Waals surface area contributed by atoms with Gasteiger partial charge in [-0.1, -0.05) is 0 Å². The Morgan fingerprint density at radius 3 is 2.38 bits per heavy atom. The molecule has 0 radical (unpaired) electrons.